The van der Waals surface area contributed by atoms with Crippen molar-refractivity contribution in [1.29, 1.82) is 0 Å². The molecule has 0 aromatic heterocycles. The lowest BCUT2D eigenvalue weighted by atomic mass is 9.91. The summed E-state index contributed by atoms with van der Waals surface area (Å²) in [7, 11) is 1.61. The molecule has 0 aliphatic carbocycles. The van der Waals surface area contributed by atoms with E-state index in [2.05, 4.69) is 17.5 Å². The second kappa shape index (κ2) is 9.24. The molecule has 2 bridgehead atoms. The summed E-state index contributed by atoms with van der Waals surface area (Å²) in [6.07, 6.45) is 11.6. The first-order valence-corrected chi connectivity index (χ1v) is 10.6. The Bertz CT molecular complexity index is 540. The standard InChI is InChI=1S/C19H29NO5S/c1-23-19(16-13-26-18(22)20-16)12-15-11-14(25-19)9-7-5-3-2-4-6-8-10-17(21)24-15/h2-3,14-16H,4-13H2,1H3,(H,20,22)/b3-2+/t14-,15?,16?,19?/m1/s1. The van der Waals surface area contributed by atoms with Crippen LogP contribution >= 0.6 is 11.8 Å². The molecule has 2 fully saturated rings. The summed E-state index contributed by atoms with van der Waals surface area (Å²) < 4.78 is 17.9. The predicted octanol–water partition coefficient (Wildman–Crippen LogP) is 3.55. The number of ether oxygens (including phenoxy) is 3. The number of hydrogen-bond donors (Lipinski definition) is 1. The van der Waals surface area contributed by atoms with E-state index in [0.29, 0.717) is 25.0 Å². The molecule has 0 spiro atoms. The van der Waals surface area contributed by atoms with E-state index in [-0.39, 0.29) is 29.5 Å². The van der Waals surface area contributed by atoms with E-state index in [4.69, 9.17) is 14.2 Å². The molecule has 1 N–H and O–H groups in total. The van der Waals surface area contributed by atoms with Crippen molar-refractivity contribution in [1.82, 2.24) is 5.32 Å². The van der Waals surface area contributed by atoms with Crippen molar-refractivity contribution in [2.45, 2.75) is 81.8 Å². The Kier molecular flexibility index (Phi) is 7.00. The molecule has 3 heterocycles. The van der Waals surface area contributed by atoms with E-state index in [1.54, 1.807) is 7.11 Å². The molecular formula is C19H29NO5S. The minimum atomic E-state index is -0.931. The lowest BCUT2D eigenvalue weighted by Crippen LogP contribution is -2.59. The first kappa shape index (κ1) is 19.7. The van der Waals surface area contributed by atoms with Gasteiger partial charge in [-0.05, 0) is 38.5 Å². The number of esters is 1. The SMILES string of the molecule is COC1(C2CSC(=O)N2)CC2C[C@@H](CCC/C=C/CCCCC(=O)O2)O1. The lowest BCUT2D eigenvalue weighted by molar-refractivity contribution is -0.296. The van der Waals surface area contributed by atoms with Gasteiger partial charge in [-0.1, -0.05) is 23.9 Å². The van der Waals surface area contributed by atoms with Crippen molar-refractivity contribution in [3.8, 4) is 0 Å². The number of hydrogen-bond acceptors (Lipinski definition) is 6. The number of amides is 1. The third-order valence-corrected chi connectivity index (χ3v) is 6.20. The second-order valence-corrected chi connectivity index (χ2v) is 8.24. The largest absolute Gasteiger partial charge is 0.462 e. The van der Waals surface area contributed by atoms with Crippen molar-refractivity contribution in [2.24, 2.45) is 0 Å². The molecule has 2 saturated heterocycles. The van der Waals surface area contributed by atoms with Gasteiger partial charge in [0.05, 0.1) is 12.1 Å². The molecule has 0 aromatic rings. The zero-order chi connectivity index (χ0) is 18.4. The Morgan fingerprint density at radius 2 is 2.00 bits per heavy atom. The van der Waals surface area contributed by atoms with E-state index in [1.807, 2.05) is 0 Å². The monoisotopic (exact) mass is 383 g/mol. The second-order valence-electron chi connectivity index (χ2n) is 7.25. The van der Waals surface area contributed by atoms with Gasteiger partial charge in [0.2, 0.25) is 0 Å². The number of carbonyl (C=O) groups is 2. The molecule has 3 aliphatic heterocycles. The van der Waals surface area contributed by atoms with E-state index in [1.165, 1.54) is 11.8 Å². The van der Waals surface area contributed by atoms with Crippen LogP contribution in [-0.2, 0) is 19.0 Å². The number of allylic oxidation sites excluding steroid dienone is 2. The van der Waals surface area contributed by atoms with Crippen molar-refractivity contribution in [3.63, 3.8) is 0 Å². The normalized spacial score (nSPS) is 38.1. The van der Waals surface area contributed by atoms with Crippen LogP contribution in [0.25, 0.3) is 0 Å². The summed E-state index contributed by atoms with van der Waals surface area (Å²) in [4.78, 5) is 23.9. The third kappa shape index (κ3) is 5.02. The molecule has 7 heteroatoms. The van der Waals surface area contributed by atoms with Crippen LogP contribution in [0.4, 0.5) is 4.79 Å². The van der Waals surface area contributed by atoms with Crippen LogP contribution in [0.5, 0.6) is 0 Å². The van der Waals surface area contributed by atoms with Gasteiger partial charge in [0, 0.05) is 32.1 Å². The Labute approximate surface area is 159 Å². The molecule has 3 rings (SSSR count). The smallest absolute Gasteiger partial charge is 0.306 e. The highest BCUT2D eigenvalue weighted by atomic mass is 32.2. The maximum Gasteiger partial charge on any atom is 0.306 e. The number of thioether (sulfide) groups is 1. The minimum absolute atomic E-state index is 0.0413. The average Bonchev–Trinajstić information content (AvgIpc) is 3.06. The van der Waals surface area contributed by atoms with Gasteiger partial charge in [-0.15, -0.1) is 0 Å². The molecule has 26 heavy (non-hydrogen) atoms. The highest BCUT2D eigenvalue weighted by molar-refractivity contribution is 8.14. The first-order valence-electron chi connectivity index (χ1n) is 9.62. The van der Waals surface area contributed by atoms with Crippen LogP contribution in [0.15, 0.2) is 12.2 Å². The molecule has 3 aliphatic rings. The Hall–Kier alpha value is -1.05. The van der Waals surface area contributed by atoms with Crippen molar-refractivity contribution < 1.29 is 23.8 Å². The van der Waals surface area contributed by atoms with Crippen LogP contribution in [0.1, 0.15) is 57.8 Å². The Balaban J connectivity index is 1.75. The maximum atomic E-state index is 12.2. The fourth-order valence-corrected chi connectivity index (χ4v) is 4.81. The molecule has 146 valence electrons. The number of rotatable bonds is 2. The number of carbonyl (C=O) groups excluding carboxylic acids is 2. The molecule has 1 amide bonds. The third-order valence-electron chi connectivity index (χ3n) is 5.32. The summed E-state index contributed by atoms with van der Waals surface area (Å²) in [6, 6.07) is -0.229. The van der Waals surface area contributed by atoms with Crippen LogP contribution in [0.3, 0.4) is 0 Å². The average molecular weight is 384 g/mol. The van der Waals surface area contributed by atoms with Crippen molar-refractivity contribution in [3.05, 3.63) is 12.2 Å². The van der Waals surface area contributed by atoms with Crippen LogP contribution in [0, 0.1) is 0 Å². The van der Waals surface area contributed by atoms with E-state index in [0.717, 1.165) is 38.5 Å². The highest BCUT2D eigenvalue weighted by Crippen LogP contribution is 2.39. The fourth-order valence-electron chi connectivity index (χ4n) is 3.93. The highest BCUT2D eigenvalue weighted by Gasteiger charge is 2.51. The first-order chi connectivity index (χ1) is 12.6. The zero-order valence-corrected chi connectivity index (χ0v) is 16.2. The van der Waals surface area contributed by atoms with Gasteiger partial charge in [0.25, 0.3) is 5.24 Å². The molecule has 4 atom stereocenters. The lowest BCUT2D eigenvalue weighted by Gasteiger charge is -2.46. The van der Waals surface area contributed by atoms with Gasteiger partial charge in [-0.2, -0.15) is 0 Å². The summed E-state index contributed by atoms with van der Waals surface area (Å²) in [5.74, 6) is -0.477. The van der Waals surface area contributed by atoms with Gasteiger partial charge >= 0.3 is 5.97 Å². The van der Waals surface area contributed by atoms with E-state index >= 15 is 0 Å². The fraction of sp³-hybridized carbons (Fsp3) is 0.789. The molecular weight excluding hydrogens is 354 g/mol. The Morgan fingerprint density at radius 3 is 2.73 bits per heavy atom. The predicted molar refractivity (Wildman–Crippen MR) is 100.0 cm³/mol. The topological polar surface area (TPSA) is 73.9 Å². The Morgan fingerprint density at radius 1 is 1.19 bits per heavy atom. The van der Waals surface area contributed by atoms with Crippen LogP contribution < -0.4 is 5.32 Å². The van der Waals surface area contributed by atoms with Gasteiger partial charge in [0.15, 0.2) is 5.79 Å². The summed E-state index contributed by atoms with van der Waals surface area (Å²) in [6.45, 7) is 0. The number of fused-ring (bicyclic) bond motifs is 2. The molecule has 3 unspecified atom stereocenters. The molecule has 0 saturated carbocycles. The van der Waals surface area contributed by atoms with Crippen molar-refractivity contribution in [2.75, 3.05) is 12.9 Å². The molecule has 0 radical (unpaired) electrons. The summed E-state index contributed by atoms with van der Waals surface area (Å²) in [5.41, 5.74) is 0. The van der Waals surface area contributed by atoms with Crippen LogP contribution in [-0.4, -0.2) is 48.1 Å². The van der Waals surface area contributed by atoms with Gasteiger partial charge in [-0.25, -0.2) is 0 Å². The van der Waals surface area contributed by atoms with Crippen LogP contribution in [0.2, 0.25) is 0 Å². The van der Waals surface area contributed by atoms with E-state index in [9.17, 15) is 9.59 Å². The van der Waals surface area contributed by atoms with E-state index < -0.39 is 5.79 Å². The van der Waals surface area contributed by atoms with Crippen molar-refractivity contribution >= 4 is 23.0 Å². The number of nitrogens with one attached hydrogen (secondary N) is 1. The summed E-state index contributed by atoms with van der Waals surface area (Å²) >= 11 is 1.24. The van der Waals surface area contributed by atoms with Gasteiger partial charge in [0.1, 0.15) is 6.10 Å². The molecule has 6 nitrogen and oxygen atoms in total. The van der Waals surface area contributed by atoms with Gasteiger partial charge in [-0.3, -0.25) is 9.59 Å². The quantitative estimate of drug-likeness (QED) is 0.581. The minimum Gasteiger partial charge on any atom is -0.462 e. The molecule has 0 aromatic carbocycles. The number of methoxy groups -OCH3 is 1. The summed E-state index contributed by atoms with van der Waals surface area (Å²) in [5, 5.41) is 2.89. The zero-order valence-electron chi connectivity index (χ0n) is 15.4. The van der Waals surface area contributed by atoms with Gasteiger partial charge < -0.3 is 19.5 Å². The maximum absolute atomic E-state index is 12.2.